The minimum Gasteiger partial charge on any atom is -0.394 e. The predicted molar refractivity (Wildman–Crippen MR) is 88.2 cm³/mol. The first kappa shape index (κ1) is 17.1. The molecule has 2 aliphatic heterocycles. The Bertz CT molecular complexity index is 845. The highest BCUT2D eigenvalue weighted by atomic mass is 16.6. The summed E-state index contributed by atoms with van der Waals surface area (Å²) in [5, 5.41) is 40.7. The molecule has 136 valence electrons. The highest BCUT2D eigenvalue weighted by molar-refractivity contribution is 6.25. The van der Waals surface area contributed by atoms with E-state index in [1.807, 2.05) is 0 Å². The van der Waals surface area contributed by atoms with Gasteiger partial charge < -0.3 is 25.2 Å². The molecule has 0 radical (unpaired) electrons. The summed E-state index contributed by atoms with van der Waals surface area (Å²) in [6.45, 7) is -0.649. The molecule has 4 rings (SSSR count). The zero-order chi connectivity index (χ0) is 18.6. The lowest BCUT2D eigenvalue weighted by Crippen LogP contribution is -2.65. The third kappa shape index (κ3) is 2.28. The van der Waals surface area contributed by atoms with Gasteiger partial charge in [0.2, 0.25) is 0 Å². The summed E-state index contributed by atoms with van der Waals surface area (Å²) in [5.41, 5.74) is 0.546. The van der Waals surface area contributed by atoms with Gasteiger partial charge in [-0.3, -0.25) is 9.59 Å². The first-order valence-corrected chi connectivity index (χ1v) is 8.16. The van der Waals surface area contributed by atoms with Gasteiger partial charge in [0.05, 0.1) is 6.61 Å². The first-order valence-electron chi connectivity index (χ1n) is 8.16. The van der Waals surface area contributed by atoms with Crippen molar-refractivity contribution in [2.45, 2.75) is 30.6 Å². The van der Waals surface area contributed by atoms with Crippen molar-refractivity contribution in [1.29, 1.82) is 0 Å². The van der Waals surface area contributed by atoms with Crippen molar-refractivity contribution in [2.75, 3.05) is 6.61 Å². The van der Waals surface area contributed by atoms with Gasteiger partial charge in [0, 0.05) is 16.5 Å². The average molecular weight is 359 g/mol. The molecule has 0 aliphatic carbocycles. The second kappa shape index (κ2) is 6.11. The van der Waals surface area contributed by atoms with E-state index < -0.39 is 49.1 Å². The first-order chi connectivity index (χ1) is 12.5. The maximum atomic E-state index is 12.9. The summed E-state index contributed by atoms with van der Waals surface area (Å²) < 4.78 is 5.40. The Morgan fingerprint density at radius 1 is 0.885 bits per heavy atom. The van der Waals surface area contributed by atoms with E-state index in [4.69, 9.17) is 4.74 Å². The molecular formula is C18H17NO7. The topological polar surface area (TPSA) is 128 Å². The second-order valence-corrected chi connectivity index (χ2v) is 6.41. The van der Waals surface area contributed by atoms with Crippen LogP contribution in [0.25, 0.3) is 10.8 Å². The van der Waals surface area contributed by atoms with Crippen molar-refractivity contribution in [3.63, 3.8) is 0 Å². The predicted octanol–water partition coefficient (Wildman–Crippen LogP) is -0.764. The number of hydrogen-bond acceptors (Lipinski definition) is 7. The summed E-state index contributed by atoms with van der Waals surface area (Å²) in [6, 6.07) is 10.1. The summed E-state index contributed by atoms with van der Waals surface area (Å²) in [4.78, 5) is 26.6. The quantitative estimate of drug-likeness (QED) is 0.519. The lowest BCUT2D eigenvalue weighted by Gasteiger charge is -2.44. The smallest absolute Gasteiger partial charge is 0.263 e. The van der Waals surface area contributed by atoms with Gasteiger partial charge in [0.15, 0.2) is 6.23 Å². The Morgan fingerprint density at radius 3 is 2.00 bits per heavy atom. The second-order valence-electron chi connectivity index (χ2n) is 6.41. The van der Waals surface area contributed by atoms with E-state index in [0.717, 1.165) is 10.3 Å². The van der Waals surface area contributed by atoms with Crippen LogP contribution in [-0.2, 0) is 4.74 Å². The van der Waals surface area contributed by atoms with Crippen LogP contribution in [0, 0.1) is 0 Å². The maximum absolute atomic E-state index is 12.9. The van der Waals surface area contributed by atoms with E-state index >= 15 is 0 Å². The Morgan fingerprint density at radius 2 is 1.46 bits per heavy atom. The number of benzene rings is 2. The monoisotopic (exact) mass is 359 g/mol. The van der Waals surface area contributed by atoms with Gasteiger partial charge in [0.25, 0.3) is 11.8 Å². The van der Waals surface area contributed by atoms with Gasteiger partial charge >= 0.3 is 0 Å². The Hall–Kier alpha value is -2.36. The molecule has 8 nitrogen and oxygen atoms in total. The van der Waals surface area contributed by atoms with E-state index in [2.05, 4.69) is 0 Å². The molecule has 2 aromatic rings. The number of rotatable bonds is 2. The van der Waals surface area contributed by atoms with Crippen molar-refractivity contribution >= 4 is 22.6 Å². The molecule has 0 spiro atoms. The third-order valence-corrected chi connectivity index (χ3v) is 4.92. The molecule has 4 N–H and O–H groups in total. The number of imide groups is 1. The molecule has 26 heavy (non-hydrogen) atoms. The molecular weight excluding hydrogens is 342 g/mol. The van der Waals surface area contributed by atoms with Crippen molar-refractivity contribution < 1.29 is 34.8 Å². The van der Waals surface area contributed by atoms with Crippen molar-refractivity contribution in [3.05, 3.63) is 47.5 Å². The van der Waals surface area contributed by atoms with E-state index in [1.165, 1.54) is 0 Å². The van der Waals surface area contributed by atoms with Crippen LogP contribution in [0.4, 0.5) is 0 Å². The highest BCUT2D eigenvalue weighted by Gasteiger charge is 2.50. The lowest BCUT2D eigenvalue weighted by atomic mass is 9.92. The molecule has 2 heterocycles. The van der Waals surface area contributed by atoms with Gasteiger partial charge in [-0.1, -0.05) is 24.3 Å². The number of hydrogen-bond donors (Lipinski definition) is 4. The number of amides is 2. The molecule has 5 atom stereocenters. The van der Waals surface area contributed by atoms with Crippen LogP contribution in [0.5, 0.6) is 0 Å². The zero-order valence-corrected chi connectivity index (χ0v) is 13.5. The fourth-order valence-electron chi connectivity index (χ4n) is 3.58. The summed E-state index contributed by atoms with van der Waals surface area (Å²) in [7, 11) is 0. The van der Waals surface area contributed by atoms with E-state index in [1.54, 1.807) is 36.4 Å². The zero-order valence-electron chi connectivity index (χ0n) is 13.5. The van der Waals surface area contributed by atoms with Crippen LogP contribution in [0.15, 0.2) is 36.4 Å². The van der Waals surface area contributed by atoms with Crippen molar-refractivity contribution in [2.24, 2.45) is 0 Å². The minimum absolute atomic E-state index is 0.273. The molecule has 1 unspecified atom stereocenters. The molecule has 2 amide bonds. The average Bonchev–Trinajstić information content (AvgIpc) is 2.66. The minimum atomic E-state index is -1.72. The van der Waals surface area contributed by atoms with E-state index in [0.29, 0.717) is 5.39 Å². The number of aliphatic hydroxyl groups excluding tert-OH is 4. The Kier molecular flexibility index (Phi) is 4.02. The highest BCUT2D eigenvalue weighted by Crippen LogP contribution is 2.33. The van der Waals surface area contributed by atoms with Crippen LogP contribution in [0.2, 0.25) is 0 Å². The van der Waals surface area contributed by atoms with Gasteiger partial charge in [-0.05, 0) is 17.5 Å². The maximum Gasteiger partial charge on any atom is 0.263 e. The SMILES string of the molecule is O=C1c2cccc3cccc(c23)C(=O)N1C1O[C@H](CO)[C@H](O)[C@@H](O)[C@@H]1O. The largest absolute Gasteiger partial charge is 0.394 e. The van der Waals surface area contributed by atoms with Crippen LogP contribution in [-0.4, -0.2) is 74.4 Å². The van der Waals surface area contributed by atoms with Gasteiger partial charge in [-0.15, -0.1) is 0 Å². The fraction of sp³-hybridized carbons (Fsp3) is 0.333. The van der Waals surface area contributed by atoms with Crippen LogP contribution < -0.4 is 0 Å². The lowest BCUT2D eigenvalue weighted by molar-refractivity contribution is -0.251. The number of carbonyl (C=O) groups is 2. The number of carbonyl (C=O) groups excluding carboxylic acids is 2. The third-order valence-electron chi connectivity index (χ3n) is 4.92. The van der Waals surface area contributed by atoms with Gasteiger partial charge in [-0.2, -0.15) is 0 Å². The Labute approximate surface area is 147 Å². The number of nitrogens with zero attached hydrogens (tertiary/aromatic N) is 1. The van der Waals surface area contributed by atoms with Crippen molar-refractivity contribution in [3.8, 4) is 0 Å². The van der Waals surface area contributed by atoms with E-state index in [9.17, 15) is 30.0 Å². The molecule has 1 saturated heterocycles. The normalized spacial score (nSPS) is 31.5. The Balaban J connectivity index is 1.81. The van der Waals surface area contributed by atoms with Gasteiger partial charge in [-0.25, -0.2) is 4.90 Å². The van der Waals surface area contributed by atoms with Gasteiger partial charge in [0.1, 0.15) is 24.4 Å². The number of ether oxygens (including phenoxy) is 1. The summed E-state index contributed by atoms with van der Waals surface area (Å²) in [5.74, 6) is -1.35. The fourth-order valence-corrected chi connectivity index (χ4v) is 3.58. The molecule has 2 aromatic carbocycles. The molecule has 8 heteroatoms. The van der Waals surface area contributed by atoms with Crippen LogP contribution in [0.1, 0.15) is 20.7 Å². The molecule has 1 fully saturated rings. The van der Waals surface area contributed by atoms with E-state index in [-0.39, 0.29) is 11.1 Å². The molecule has 0 aromatic heterocycles. The van der Waals surface area contributed by atoms with Crippen LogP contribution >= 0.6 is 0 Å². The van der Waals surface area contributed by atoms with Crippen LogP contribution in [0.3, 0.4) is 0 Å². The summed E-state index contributed by atoms with van der Waals surface area (Å²) in [6.07, 6.45) is -7.72. The standard InChI is InChI=1S/C18H17NO7/c20-7-11-13(21)14(22)15(23)18(26-11)19-16(24)9-5-1-3-8-4-2-6-10(12(8)9)17(19)25/h1-6,11,13-15,18,20-23H,7H2/t11-,13+,14-,15+,18?/m1/s1. The summed E-state index contributed by atoms with van der Waals surface area (Å²) >= 11 is 0. The molecule has 2 aliphatic rings. The molecule has 0 bridgehead atoms. The van der Waals surface area contributed by atoms with Crippen molar-refractivity contribution in [1.82, 2.24) is 4.90 Å². The number of aliphatic hydroxyl groups is 4. The molecule has 0 saturated carbocycles.